The number of hydrogen-bond acceptors (Lipinski definition) is 8. The predicted molar refractivity (Wildman–Crippen MR) is 183 cm³/mol. The maximum absolute atomic E-state index is 12.5. The first-order valence-corrected chi connectivity index (χ1v) is 17.3. The summed E-state index contributed by atoms with van der Waals surface area (Å²) in [5.74, 6) is 0.474. The van der Waals surface area contributed by atoms with Crippen molar-refractivity contribution in [2.45, 2.75) is 101 Å². The number of carbonyl (C=O) groups excluding carboxylic acids is 2. The molecule has 1 heterocycles. The lowest BCUT2D eigenvalue weighted by atomic mass is 9.76. The van der Waals surface area contributed by atoms with Gasteiger partial charge in [-0.3, -0.25) is 4.79 Å². The number of rotatable bonds is 16. The number of urea groups is 1. The zero-order chi connectivity index (χ0) is 33.2. The molecule has 0 bridgehead atoms. The summed E-state index contributed by atoms with van der Waals surface area (Å²) >= 11 is 2.51. The van der Waals surface area contributed by atoms with Crippen molar-refractivity contribution in [2.75, 3.05) is 25.0 Å². The summed E-state index contributed by atoms with van der Waals surface area (Å²) in [4.78, 5) is 29.3. The Kier molecular flexibility index (Phi) is 13.0. The van der Waals surface area contributed by atoms with Gasteiger partial charge in [0.2, 0.25) is 5.91 Å². The molecule has 1 aromatic heterocycles. The van der Waals surface area contributed by atoms with Crippen molar-refractivity contribution in [3.63, 3.8) is 0 Å². The topological polar surface area (TPSA) is 133 Å². The zero-order valence-electron chi connectivity index (χ0n) is 27.5. The van der Waals surface area contributed by atoms with Gasteiger partial charge in [0.1, 0.15) is 17.2 Å². The number of benzene rings is 2. The number of amides is 3. The molecule has 3 rings (SSSR count). The number of carbonyl (C=O) groups is 2. The highest BCUT2D eigenvalue weighted by atomic mass is 32.2. The lowest BCUT2D eigenvalue weighted by Gasteiger charge is -2.30. The lowest BCUT2D eigenvalue weighted by Crippen LogP contribution is -2.30. The van der Waals surface area contributed by atoms with E-state index in [0.717, 1.165) is 25.0 Å². The molecule has 0 saturated carbocycles. The maximum Gasteiger partial charge on any atom is 0.319 e. The lowest BCUT2D eigenvalue weighted by molar-refractivity contribution is -0.120. The summed E-state index contributed by atoms with van der Waals surface area (Å²) in [6.07, 6.45) is 3.66. The van der Waals surface area contributed by atoms with E-state index in [1.165, 1.54) is 46.4 Å². The van der Waals surface area contributed by atoms with E-state index in [4.69, 9.17) is 4.74 Å². The summed E-state index contributed by atoms with van der Waals surface area (Å²) in [7, 11) is 0. The minimum Gasteiger partial charge on any atom is -0.507 e. The second-order valence-electron chi connectivity index (χ2n) is 12.3. The SMILES string of the molecule is CCCNC(=O)Cc1csc(Sc2cc(O)c(NC(=O)NCCCOc3ccc(C(C)(C)CC)cc3C(C)(C)CC)cc2O)n1. The van der Waals surface area contributed by atoms with Crippen LogP contribution in [0.25, 0.3) is 0 Å². The van der Waals surface area contributed by atoms with Gasteiger partial charge in [0.05, 0.1) is 29.3 Å². The third kappa shape index (κ3) is 10.3. The van der Waals surface area contributed by atoms with Gasteiger partial charge >= 0.3 is 6.03 Å². The minimum absolute atomic E-state index is 0.0375. The van der Waals surface area contributed by atoms with Gasteiger partial charge in [-0.1, -0.05) is 72.4 Å². The molecule has 0 aliphatic rings. The molecule has 45 heavy (non-hydrogen) atoms. The number of ether oxygens (including phenoxy) is 1. The number of phenols is 2. The molecule has 5 N–H and O–H groups in total. The standard InChI is InChI=1S/C34H48N4O5S2/c1-8-14-35-30(41)18-23-21-44-32(37-23)45-29-20-26(39)25(19-27(29)40)38-31(42)36-15-11-16-43-28-13-12-22(33(4,5)9-2)17-24(28)34(6,7)10-3/h12-13,17,19-21,39-40H,8-11,14-16,18H2,1-7H3,(H,35,41)(H2,36,38,42). The van der Waals surface area contributed by atoms with Gasteiger partial charge in [0.25, 0.3) is 0 Å². The number of nitrogens with zero attached hydrogens (tertiary/aromatic N) is 1. The van der Waals surface area contributed by atoms with Crippen LogP contribution in [0.4, 0.5) is 10.5 Å². The van der Waals surface area contributed by atoms with E-state index in [0.29, 0.717) is 41.0 Å². The summed E-state index contributed by atoms with van der Waals surface area (Å²) in [6, 6.07) is 8.67. The molecule has 11 heteroatoms. The quantitative estimate of drug-likeness (QED) is 0.0605. The molecule has 2 aromatic carbocycles. The number of nitrogens with one attached hydrogen (secondary N) is 3. The van der Waals surface area contributed by atoms with E-state index in [-0.39, 0.29) is 40.3 Å². The van der Waals surface area contributed by atoms with Crippen molar-refractivity contribution in [1.29, 1.82) is 0 Å². The molecule has 0 unspecified atom stereocenters. The third-order valence-electron chi connectivity index (χ3n) is 8.09. The average Bonchev–Trinajstić information content (AvgIpc) is 3.44. The van der Waals surface area contributed by atoms with E-state index in [1.54, 1.807) is 5.38 Å². The summed E-state index contributed by atoms with van der Waals surface area (Å²) < 4.78 is 6.81. The normalized spacial score (nSPS) is 11.7. The van der Waals surface area contributed by atoms with Crippen LogP contribution in [0.2, 0.25) is 0 Å². The molecular formula is C34H48N4O5S2. The van der Waals surface area contributed by atoms with E-state index in [2.05, 4.69) is 80.7 Å². The minimum atomic E-state index is -0.505. The highest BCUT2D eigenvalue weighted by Gasteiger charge is 2.26. The Bertz CT molecular complexity index is 1450. The fourth-order valence-electron chi connectivity index (χ4n) is 4.36. The molecular weight excluding hydrogens is 609 g/mol. The van der Waals surface area contributed by atoms with Crippen LogP contribution in [0, 0.1) is 0 Å². The molecule has 0 aliphatic carbocycles. The second kappa shape index (κ2) is 16.2. The number of phenolic OH excluding ortho intramolecular Hbond substituents is 2. The highest BCUT2D eigenvalue weighted by Crippen LogP contribution is 2.41. The van der Waals surface area contributed by atoms with Crippen molar-refractivity contribution < 1.29 is 24.5 Å². The Morgan fingerprint density at radius 2 is 1.69 bits per heavy atom. The summed E-state index contributed by atoms with van der Waals surface area (Å²) in [5.41, 5.74) is 3.26. The van der Waals surface area contributed by atoms with Crippen molar-refractivity contribution >= 4 is 40.7 Å². The fourth-order valence-corrected chi connectivity index (χ4v) is 6.20. The predicted octanol–water partition coefficient (Wildman–Crippen LogP) is 7.74. The van der Waals surface area contributed by atoms with Gasteiger partial charge < -0.3 is 30.9 Å². The van der Waals surface area contributed by atoms with E-state index in [9.17, 15) is 19.8 Å². The molecule has 3 amide bonds. The number of hydrogen-bond donors (Lipinski definition) is 5. The fraction of sp³-hybridized carbons (Fsp3) is 0.500. The van der Waals surface area contributed by atoms with E-state index < -0.39 is 6.03 Å². The van der Waals surface area contributed by atoms with Crippen LogP contribution < -0.4 is 20.7 Å². The molecule has 9 nitrogen and oxygen atoms in total. The largest absolute Gasteiger partial charge is 0.507 e. The third-order valence-corrected chi connectivity index (χ3v) is 10.1. The molecule has 0 spiro atoms. The van der Waals surface area contributed by atoms with Crippen LogP contribution in [0.1, 0.15) is 91.0 Å². The number of aromatic nitrogens is 1. The smallest absolute Gasteiger partial charge is 0.319 e. The maximum atomic E-state index is 12.5. The highest BCUT2D eigenvalue weighted by molar-refractivity contribution is 8.01. The Hall–Kier alpha value is -3.44. The molecule has 0 fully saturated rings. The van der Waals surface area contributed by atoms with Gasteiger partial charge in [-0.05, 0) is 54.2 Å². The van der Waals surface area contributed by atoms with Gasteiger partial charge in [-0.25, -0.2) is 9.78 Å². The first-order chi connectivity index (χ1) is 21.3. The van der Waals surface area contributed by atoms with Crippen LogP contribution >= 0.6 is 23.1 Å². The van der Waals surface area contributed by atoms with Gasteiger partial charge in [-0.2, -0.15) is 0 Å². The first-order valence-electron chi connectivity index (χ1n) is 15.6. The number of anilines is 1. The number of aromatic hydroxyl groups is 2. The van der Waals surface area contributed by atoms with Crippen LogP contribution in [-0.2, 0) is 22.0 Å². The molecule has 0 aliphatic heterocycles. The van der Waals surface area contributed by atoms with Gasteiger partial charge in [0, 0.05) is 30.1 Å². The molecule has 0 radical (unpaired) electrons. The van der Waals surface area contributed by atoms with Crippen molar-refractivity contribution in [2.24, 2.45) is 0 Å². The van der Waals surface area contributed by atoms with Crippen LogP contribution in [0.5, 0.6) is 17.2 Å². The van der Waals surface area contributed by atoms with Crippen molar-refractivity contribution in [3.05, 3.63) is 52.5 Å². The number of thiazole rings is 1. The summed E-state index contributed by atoms with van der Waals surface area (Å²) in [5, 5.41) is 31.1. The molecule has 246 valence electrons. The van der Waals surface area contributed by atoms with Crippen LogP contribution in [0.15, 0.2) is 44.9 Å². The Labute approximate surface area is 275 Å². The zero-order valence-corrected chi connectivity index (χ0v) is 29.1. The molecule has 0 atom stereocenters. The van der Waals surface area contributed by atoms with Gasteiger partial charge in [-0.15, -0.1) is 11.3 Å². The van der Waals surface area contributed by atoms with Crippen molar-refractivity contribution in [1.82, 2.24) is 15.6 Å². The van der Waals surface area contributed by atoms with E-state index in [1.807, 2.05) is 6.92 Å². The van der Waals surface area contributed by atoms with E-state index >= 15 is 0 Å². The Morgan fingerprint density at radius 1 is 0.956 bits per heavy atom. The Morgan fingerprint density at radius 3 is 2.38 bits per heavy atom. The van der Waals surface area contributed by atoms with Crippen molar-refractivity contribution in [3.8, 4) is 17.2 Å². The van der Waals surface area contributed by atoms with Crippen LogP contribution in [-0.4, -0.2) is 46.8 Å². The van der Waals surface area contributed by atoms with Crippen LogP contribution in [0.3, 0.4) is 0 Å². The van der Waals surface area contributed by atoms with Gasteiger partial charge in [0.15, 0.2) is 4.34 Å². The average molecular weight is 657 g/mol. The monoisotopic (exact) mass is 656 g/mol. The first kappa shape index (κ1) is 36.0. The summed E-state index contributed by atoms with van der Waals surface area (Å²) in [6.45, 7) is 16.8. The molecule has 3 aromatic rings. The second-order valence-corrected chi connectivity index (χ2v) is 14.5. The molecule has 0 saturated heterocycles. The Balaban J connectivity index is 1.51.